The van der Waals surface area contributed by atoms with Crippen molar-refractivity contribution in [3.63, 3.8) is 0 Å². The maximum absolute atomic E-state index is 12.3. The van der Waals surface area contributed by atoms with Gasteiger partial charge in [-0.25, -0.2) is 0 Å². The van der Waals surface area contributed by atoms with Crippen LogP contribution in [0.4, 0.5) is 5.69 Å². The van der Waals surface area contributed by atoms with E-state index in [0.29, 0.717) is 12.1 Å². The fourth-order valence-corrected chi connectivity index (χ4v) is 2.59. The summed E-state index contributed by atoms with van der Waals surface area (Å²) < 4.78 is 5.69. The topological polar surface area (TPSA) is 64.1 Å². The van der Waals surface area contributed by atoms with Crippen LogP contribution in [-0.2, 0) is 11.2 Å². The van der Waals surface area contributed by atoms with Crippen LogP contribution >= 0.6 is 0 Å². The van der Waals surface area contributed by atoms with Gasteiger partial charge in [0.25, 0.3) is 5.91 Å². The van der Waals surface area contributed by atoms with Gasteiger partial charge in [-0.1, -0.05) is 18.2 Å². The summed E-state index contributed by atoms with van der Waals surface area (Å²) in [5, 5.41) is 2.88. The molecule has 0 aliphatic carbocycles. The highest BCUT2D eigenvalue weighted by molar-refractivity contribution is 5.96. The highest BCUT2D eigenvalue weighted by Crippen LogP contribution is 2.28. The number of ether oxygens (including phenoxy) is 1. The molecule has 22 heavy (non-hydrogen) atoms. The lowest BCUT2D eigenvalue weighted by molar-refractivity contribution is -0.122. The second-order valence-corrected chi connectivity index (χ2v) is 5.17. The smallest absolute Gasteiger partial charge is 0.265 e. The summed E-state index contributed by atoms with van der Waals surface area (Å²) in [6.45, 7) is 0. The van der Waals surface area contributed by atoms with Crippen molar-refractivity contribution in [1.29, 1.82) is 0 Å². The van der Waals surface area contributed by atoms with Crippen LogP contribution in [0.3, 0.4) is 0 Å². The average molecular weight is 291 g/mol. The van der Waals surface area contributed by atoms with Gasteiger partial charge in [-0.15, -0.1) is 0 Å². The number of nitrogens with zero attached hydrogens (tertiary/aromatic N) is 2. The van der Waals surface area contributed by atoms with E-state index in [9.17, 15) is 4.79 Å². The molecule has 1 aliphatic heterocycles. The molecule has 1 N–H and O–H groups in total. The van der Waals surface area contributed by atoms with E-state index in [-0.39, 0.29) is 5.91 Å². The Morgan fingerprint density at radius 3 is 2.77 bits per heavy atom. The molecule has 2 heterocycles. The number of benzene rings is 2. The van der Waals surface area contributed by atoms with Crippen molar-refractivity contribution in [3.05, 3.63) is 60.4 Å². The lowest BCUT2D eigenvalue weighted by Gasteiger charge is -2.11. The number of hydrogen-bond acceptors (Lipinski definition) is 4. The predicted octanol–water partition coefficient (Wildman–Crippen LogP) is 2.57. The Kier molecular flexibility index (Phi) is 2.96. The molecular weight excluding hydrogens is 278 g/mol. The molecule has 2 aromatic carbocycles. The lowest BCUT2D eigenvalue weighted by atomic mass is 10.1. The van der Waals surface area contributed by atoms with Crippen LogP contribution in [0.5, 0.6) is 5.75 Å². The van der Waals surface area contributed by atoms with Crippen molar-refractivity contribution in [2.45, 2.75) is 12.5 Å². The van der Waals surface area contributed by atoms with Crippen LogP contribution in [0.2, 0.25) is 0 Å². The van der Waals surface area contributed by atoms with Crippen LogP contribution in [0.15, 0.2) is 54.9 Å². The van der Waals surface area contributed by atoms with Gasteiger partial charge in [0.2, 0.25) is 0 Å². The van der Waals surface area contributed by atoms with Crippen molar-refractivity contribution < 1.29 is 9.53 Å². The number of aromatic nitrogens is 2. The summed E-state index contributed by atoms with van der Waals surface area (Å²) in [5.41, 5.74) is 3.30. The molecule has 4 rings (SSSR count). The Hall–Kier alpha value is -2.95. The molecule has 1 unspecified atom stereocenters. The minimum atomic E-state index is -0.491. The van der Waals surface area contributed by atoms with E-state index < -0.39 is 6.10 Å². The summed E-state index contributed by atoms with van der Waals surface area (Å²) in [6.07, 6.45) is 3.37. The highest BCUT2D eigenvalue weighted by Gasteiger charge is 2.28. The molecule has 0 spiro atoms. The summed E-state index contributed by atoms with van der Waals surface area (Å²) in [5.74, 6) is 0.631. The number of carbonyl (C=O) groups excluding carboxylic acids is 1. The SMILES string of the molecule is O=C(Nc1ccc2nccnc2c1)C1Cc2ccccc2O1. The second kappa shape index (κ2) is 5.11. The molecule has 0 fully saturated rings. The van der Waals surface area contributed by atoms with Gasteiger partial charge in [0.15, 0.2) is 6.10 Å². The first-order chi connectivity index (χ1) is 10.8. The Balaban J connectivity index is 1.52. The Labute approximate surface area is 127 Å². The van der Waals surface area contributed by atoms with E-state index in [1.165, 1.54) is 0 Å². The molecule has 0 bridgehead atoms. The molecule has 1 aromatic heterocycles. The largest absolute Gasteiger partial charge is 0.480 e. The van der Waals surface area contributed by atoms with Crippen molar-refractivity contribution in [3.8, 4) is 5.75 Å². The number of amides is 1. The Morgan fingerprint density at radius 1 is 1.09 bits per heavy atom. The Morgan fingerprint density at radius 2 is 1.91 bits per heavy atom. The molecule has 0 saturated carbocycles. The zero-order valence-electron chi connectivity index (χ0n) is 11.7. The van der Waals surface area contributed by atoms with Crippen LogP contribution in [-0.4, -0.2) is 22.0 Å². The maximum Gasteiger partial charge on any atom is 0.265 e. The molecule has 5 heteroatoms. The van der Waals surface area contributed by atoms with Crippen LogP contribution in [0.25, 0.3) is 11.0 Å². The molecule has 0 radical (unpaired) electrons. The van der Waals surface area contributed by atoms with Gasteiger partial charge in [0.05, 0.1) is 11.0 Å². The number of rotatable bonds is 2. The van der Waals surface area contributed by atoms with E-state index in [1.807, 2.05) is 42.5 Å². The normalized spacial score (nSPS) is 16.1. The van der Waals surface area contributed by atoms with E-state index >= 15 is 0 Å². The van der Waals surface area contributed by atoms with Crippen LogP contribution < -0.4 is 10.1 Å². The molecule has 5 nitrogen and oxygen atoms in total. The summed E-state index contributed by atoms with van der Waals surface area (Å²) in [4.78, 5) is 20.8. The van der Waals surface area contributed by atoms with Gasteiger partial charge in [0, 0.05) is 24.5 Å². The third kappa shape index (κ3) is 2.26. The molecule has 108 valence electrons. The van der Waals surface area contributed by atoms with E-state index in [4.69, 9.17) is 4.74 Å². The molecule has 0 saturated heterocycles. The van der Waals surface area contributed by atoms with Gasteiger partial charge in [-0.05, 0) is 29.8 Å². The fraction of sp³-hybridized carbons (Fsp3) is 0.118. The zero-order chi connectivity index (χ0) is 14.9. The van der Waals surface area contributed by atoms with Gasteiger partial charge in [-0.3, -0.25) is 14.8 Å². The predicted molar refractivity (Wildman–Crippen MR) is 82.7 cm³/mol. The molecule has 1 atom stereocenters. The first kappa shape index (κ1) is 12.8. The van der Waals surface area contributed by atoms with E-state index in [2.05, 4.69) is 15.3 Å². The first-order valence-corrected chi connectivity index (χ1v) is 7.06. The number of anilines is 1. The van der Waals surface area contributed by atoms with Gasteiger partial charge >= 0.3 is 0 Å². The minimum absolute atomic E-state index is 0.153. The summed E-state index contributed by atoms with van der Waals surface area (Å²) in [6, 6.07) is 13.2. The molecular formula is C17H13N3O2. The fourth-order valence-electron chi connectivity index (χ4n) is 2.59. The third-order valence-corrected chi connectivity index (χ3v) is 3.68. The van der Waals surface area contributed by atoms with Crippen LogP contribution in [0, 0.1) is 0 Å². The standard InChI is InChI=1S/C17H13N3O2/c21-17(16-9-11-3-1-2-4-15(11)22-16)20-12-5-6-13-14(10-12)19-8-7-18-13/h1-8,10,16H,9H2,(H,20,21). The lowest BCUT2D eigenvalue weighted by Crippen LogP contribution is -2.31. The zero-order valence-corrected chi connectivity index (χ0v) is 11.7. The van der Waals surface area contributed by atoms with E-state index in [1.54, 1.807) is 12.4 Å². The number of para-hydroxylation sites is 1. The van der Waals surface area contributed by atoms with Crippen LogP contribution in [0.1, 0.15) is 5.56 Å². The highest BCUT2D eigenvalue weighted by atomic mass is 16.5. The number of nitrogens with one attached hydrogen (secondary N) is 1. The molecule has 3 aromatic rings. The first-order valence-electron chi connectivity index (χ1n) is 7.06. The second-order valence-electron chi connectivity index (χ2n) is 5.17. The summed E-state index contributed by atoms with van der Waals surface area (Å²) >= 11 is 0. The van der Waals surface area contributed by atoms with Crippen molar-refractivity contribution in [2.75, 3.05) is 5.32 Å². The monoisotopic (exact) mass is 291 g/mol. The molecule has 1 aliphatic rings. The van der Waals surface area contributed by atoms with Gasteiger partial charge < -0.3 is 10.1 Å². The molecule has 1 amide bonds. The maximum atomic E-state index is 12.3. The summed E-state index contributed by atoms with van der Waals surface area (Å²) in [7, 11) is 0. The Bertz CT molecular complexity index is 838. The third-order valence-electron chi connectivity index (χ3n) is 3.68. The van der Waals surface area contributed by atoms with Gasteiger partial charge in [-0.2, -0.15) is 0 Å². The van der Waals surface area contributed by atoms with Crippen molar-refractivity contribution in [1.82, 2.24) is 9.97 Å². The number of carbonyl (C=O) groups is 1. The van der Waals surface area contributed by atoms with E-state index in [0.717, 1.165) is 22.3 Å². The minimum Gasteiger partial charge on any atom is -0.480 e. The van der Waals surface area contributed by atoms with Crippen molar-refractivity contribution >= 4 is 22.6 Å². The number of hydrogen-bond donors (Lipinski definition) is 1. The van der Waals surface area contributed by atoms with Gasteiger partial charge in [0.1, 0.15) is 5.75 Å². The van der Waals surface area contributed by atoms with Crippen molar-refractivity contribution in [2.24, 2.45) is 0 Å². The average Bonchev–Trinajstić information content (AvgIpc) is 2.99. The quantitative estimate of drug-likeness (QED) is 0.788. The number of fused-ring (bicyclic) bond motifs is 2.